The molecule has 0 aliphatic heterocycles. The first-order chi connectivity index (χ1) is 21.4. The molecule has 2 N–H and O–H groups in total. The number of aromatic nitrogens is 4. The van der Waals surface area contributed by atoms with Gasteiger partial charge in [-0.2, -0.15) is 9.97 Å². The summed E-state index contributed by atoms with van der Waals surface area (Å²) in [4.78, 5) is 46.9. The quantitative estimate of drug-likeness (QED) is 0.135. The van der Waals surface area contributed by atoms with Gasteiger partial charge in [0.15, 0.2) is 0 Å². The molecule has 2 aromatic heterocycles. The molecule has 44 heavy (non-hydrogen) atoms. The molecule has 0 spiro atoms. The summed E-state index contributed by atoms with van der Waals surface area (Å²) in [5.41, 5.74) is -0.385. The van der Waals surface area contributed by atoms with E-state index in [0.29, 0.717) is 18.8 Å². The van der Waals surface area contributed by atoms with Crippen LogP contribution in [-0.4, -0.2) is 37.4 Å². The number of aryl methyl sites for hydroxylation is 1. The molecule has 0 aliphatic rings. The number of hydrogen-bond acceptors (Lipinski definition) is 7. The highest BCUT2D eigenvalue weighted by atomic mass is 16.5. The molecule has 0 bridgehead atoms. The standard InChI is InChI=1S/C34H48N6O4/c1-4-5-6-7-8-12-15-18-21-30(44-33-35-25-23-31(38-33)36-28(2)41)22-19-16-13-10-9-11-14-17-20-26-40-27-24-32(37-29(3)42)39-34(40)43/h23-25,27,30H,4-8,12,14-22,26H2,1-3H3,(H,35,36,38,41)(H,37,39,42,43). The van der Waals surface area contributed by atoms with Gasteiger partial charge in [0.1, 0.15) is 17.7 Å². The van der Waals surface area contributed by atoms with Crippen molar-refractivity contribution in [2.75, 3.05) is 10.6 Å². The maximum absolute atomic E-state index is 12.0. The molecule has 238 valence electrons. The van der Waals surface area contributed by atoms with Crippen LogP contribution < -0.4 is 21.1 Å². The fourth-order valence-corrected chi connectivity index (χ4v) is 4.54. The van der Waals surface area contributed by atoms with Crippen molar-refractivity contribution < 1.29 is 14.3 Å². The molecule has 1 atom stereocenters. The van der Waals surface area contributed by atoms with E-state index in [4.69, 9.17) is 4.74 Å². The average Bonchev–Trinajstić information content (AvgIpc) is 2.97. The Labute approximate surface area is 262 Å². The minimum atomic E-state index is -0.385. The van der Waals surface area contributed by atoms with E-state index in [1.165, 1.54) is 63.4 Å². The van der Waals surface area contributed by atoms with Crippen LogP contribution >= 0.6 is 0 Å². The maximum atomic E-state index is 12.0. The SMILES string of the molecule is CCCCCCCCCCC(CCCC#CC#CCCCCn1ccc(NC(C)=O)nc1=O)Oc1nccc(NC(C)=O)n1. The van der Waals surface area contributed by atoms with Crippen molar-refractivity contribution in [1.82, 2.24) is 19.5 Å². The van der Waals surface area contributed by atoms with Crippen molar-refractivity contribution in [1.29, 1.82) is 0 Å². The Morgan fingerprint density at radius 1 is 0.818 bits per heavy atom. The van der Waals surface area contributed by atoms with E-state index in [2.05, 4.69) is 56.2 Å². The van der Waals surface area contributed by atoms with Gasteiger partial charge < -0.3 is 15.4 Å². The van der Waals surface area contributed by atoms with Gasteiger partial charge in [-0.3, -0.25) is 14.2 Å². The molecule has 0 saturated heterocycles. The minimum Gasteiger partial charge on any atom is -0.460 e. The number of carbonyl (C=O) groups excluding carboxylic acids is 2. The Bertz CT molecular complexity index is 1330. The van der Waals surface area contributed by atoms with E-state index >= 15 is 0 Å². The zero-order chi connectivity index (χ0) is 31.8. The van der Waals surface area contributed by atoms with Crippen LogP contribution in [0.3, 0.4) is 0 Å². The van der Waals surface area contributed by atoms with Gasteiger partial charge in [0, 0.05) is 45.6 Å². The second kappa shape index (κ2) is 22.4. The van der Waals surface area contributed by atoms with Gasteiger partial charge in [0.25, 0.3) is 0 Å². The average molecular weight is 605 g/mol. The van der Waals surface area contributed by atoms with Crippen LogP contribution in [0.1, 0.15) is 117 Å². The van der Waals surface area contributed by atoms with Gasteiger partial charge in [0.2, 0.25) is 11.8 Å². The Hall–Kier alpha value is -4.18. The monoisotopic (exact) mass is 604 g/mol. The first-order valence-corrected chi connectivity index (χ1v) is 16.0. The Balaban J connectivity index is 1.73. The van der Waals surface area contributed by atoms with E-state index in [0.717, 1.165) is 44.9 Å². The zero-order valence-electron chi connectivity index (χ0n) is 26.6. The third kappa shape index (κ3) is 17.1. The first kappa shape index (κ1) is 36.0. The van der Waals surface area contributed by atoms with Crippen molar-refractivity contribution in [2.45, 2.75) is 130 Å². The summed E-state index contributed by atoms with van der Waals surface area (Å²) >= 11 is 0. The summed E-state index contributed by atoms with van der Waals surface area (Å²) in [6.07, 6.45) is 19.0. The highest BCUT2D eigenvalue weighted by Crippen LogP contribution is 2.18. The number of amides is 2. The molecule has 0 radical (unpaired) electrons. The number of anilines is 2. The number of rotatable bonds is 20. The summed E-state index contributed by atoms with van der Waals surface area (Å²) in [5.74, 6) is 12.3. The maximum Gasteiger partial charge on any atom is 0.349 e. The lowest BCUT2D eigenvalue weighted by Crippen LogP contribution is -2.24. The molecule has 0 aliphatic carbocycles. The van der Waals surface area contributed by atoms with E-state index < -0.39 is 0 Å². The number of nitrogens with zero attached hydrogens (tertiary/aromatic N) is 4. The Kier molecular flexibility index (Phi) is 18.3. The molecular weight excluding hydrogens is 556 g/mol. The second-order valence-electron chi connectivity index (χ2n) is 10.8. The van der Waals surface area contributed by atoms with Crippen molar-refractivity contribution in [3.63, 3.8) is 0 Å². The first-order valence-electron chi connectivity index (χ1n) is 16.0. The van der Waals surface area contributed by atoms with Gasteiger partial charge in [0.05, 0.1) is 0 Å². The van der Waals surface area contributed by atoms with Gasteiger partial charge >= 0.3 is 11.7 Å². The molecule has 0 saturated carbocycles. The summed E-state index contributed by atoms with van der Waals surface area (Å²) < 4.78 is 7.67. The predicted octanol–water partition coefficient (Wildman–Crippen LogP) is 6.28. The summed E-state index contributed by atoms with van der Waals surface area (Å²) in [7, 11) is 0. The molecule has 10 nitrogen and oxygen atoms in total. The lowest BCUT2D eigenvalue weighted by molar-refractivity contribution is -0.115. The molecule has 0 fully saturated rings. The molecule has 2 aromatic rings. The predicted molar refractivity (Wildman–Crippen MR) is 174 cm³/mol. The van der Waals surface area contributed by atoms with Crippen molar-refractivity contribution in [3.05, 3.63) is 35.0 Å². The molecular formula is C34H48N6O4. The lowest BCUT2D eigenvalue weighted by Gasteiger charge is -2.18. The third-order valence-corrected chi connectivity index (χ3v) is 6.79. The molecule has 2 amide bonds. The van der Waals surface area contributed by atoms with E-state index in [1.54, 1.807) is 24.5 Å². The molecule has 2 heterocycles. The Morgan fingerprint density at radius 3 is 2.09 bits per heavy atom. The molecule has 1 unspecified atom stereocenters. The summed E-state index contributed by atoms with van der Waals surface area (Å²) in [6, 6.07) is 3.54. The third-order valence-electron chi connectivity index (χ3n) is 6.79. The van der Waals surface area contributed by atoms with Crippen molar-refractivity contribution in [3.8, 4) is 29.7 Å². The minimum absolute atomic E-state index is 0.0140. The second-order valence-corrected chi connectivity index (χ2v) is 10.8. The number of ether oxygens (including phenoxy) is 1. The molecule has 10 heteroatoms. The number of hydrogen-bond donors (Lipinski definition) is 2. The fourth-order valence-electron chi connectivity index (χ4n) is 4.54. The topological polar surface area (TPSA) is 128 Å². The van der Waals surface area contributed by atoms with Gasteiger partial charge in [-0.05, 0) is 62.5 Å². The highest BCUT2D eigenvalue weighted by molar-refractivity contribution is 5.87. The normalized spacial score (nSPS) is 11.0. The van der Waals surface area contributed by atoms with Crippen molar-refractivity contribution in [2.24, 2.45) is 0 Å². The van der Waals surface area contributed by atoms with Crippen LogP contribution in [0, 0.1) is 23.7 Å². The van der Waals surface area contributed by atoms with Crippen LogP contribution in [0.25, 0.3) is 0 Å². The fraction of sp³-hybridized carbons (Fsp3) is 0.588. The van der Waals surface area contributed by atoms with Crippen molar-refractivity contribution >= 4 is 23.5 Å². The van der Waals surface area contributed by atoms with Crippen LogP contribution in [0.2, 0.25) is 0 Å². The van der Waals surface area contributed by atoms with Crippen LogP contribution in [-0.2, 0) is 16.1 Å². The lowest BCUT2D eigenvalue weighted by atomic mass is 10.0. The van der Waals surface area contributed by atoms with E-state index in [1.807, 2.05) is 0 Å². The summed E-state index contributed by atoms with van der Waals surface area (Å²) in [5, 5.41) is 5.18. The van der Waals surface area contributed by atoms with E-state index in [9.17, 15) is 14.4 Å². The molecule has 0 aromatic carbocycles. The smallest absolute Gasteiger partial charge is 0.349 e. The number of nitrogens with one attached hydrogen (secondary N) is 2. The summed E-state index contributed by atoms with van der Waals surface area (Å²) in [6.45, 7) is 5.60. The van der Waals surface area contributed by atoms with E-state index in [-0.39, 0.29) is 35.4 Å². The number of unbranched alkanes of at least 4 members (excludes halogenated alkanes) is 10. The van der Waals surface area contributed by atoms with Crippen LogP contribution in [0.4, 0.5) is 11.6 Å². The number of carbonyl (C=O) groups is 2. The molecule has 2 rings (SSSR count). The highest BCUT2D eigenvalue weighted by Gasteiger charge is 2.13. The van der Waals surface area contributed by atoms with Crippen LogP contribution in [0.5, 0.6) is 6.01 Å². The van der Waals surface area contributed by atoms with Gasteiger partial charge in [-0.1, -0.05) is 63.7 Å². The Morgan fingerprint density at radius 2 is 1.43 bits per heavy atom. The largest absolute Gasteiger partial charge is 0.460 e. The van der Waals surface area contributed by atoms with Gasteiger partial charge in [-0.25, -0.2) is 9.78 Å². The zero-order valence-corrected chi connectivity index (χ0v) is 26.6. The van der Waals surface area contributed by atoms with Crippen LogP contribution in [0.15, 0.2) is 29.3 Å². The van der Waals surface area contributed by atoms with Gasteiger partial charge in [-0.15, -0.1) is 0 Å².